The predicted octanol–water partition coefficient (Wildman–Crippen LogP) is 2.47. The Hall–Kier alpha value is -2.86. The van der Waals surface area contributed by atoms with Crippen molar-refractivity contribution in [1.29, 1.82) is 0 Å². The van der Waals surface area contributed by atoms with Crippen LogP contribution in [-0.2, 0) is 0 Å². The third-order valence-corrected chi connectivity index (χ3v) is 5.23. The summed E-state index contributed by atoms with van der Waals surface area (Å²) in [6.45, 7) is 3.60. The van der Waals surface area contributed by atoms with Crippen LogP contribution in [0.4, 0.5) is 16.2 Å². The number of benzene rings is 2. The van der Waals surface area contributed by atoms with E-state index in [0.717, 1.165) is 30.9 Å². The van der Waals surface area contributed by atoms with Gasteiger partial charge in [-0.05, 0) is 49.7 Å². The molecule has 0 radical (unpaired) electrons. The second-order valence-electron chi connectivity index (χ2n) is 7.01. The molecule has 2 N–H and O–H groups in total. The highest BCUT2D eigenvalue weighted by Gasteiger charge is 2.30. The molecule has 3 amide bonds. The maximum absolute atomic E-state index is 12.9. The SMILES string of the molecule is O=C(NCC1CCNC1)N1CCN(C(=O)c2ccccc2)c2ccccc21. The topological polar surface area (TPSA) is 64.7 Å². The number of nitrogens with zero attached hydrogens (tertiary/aromatic N) is 2. The first-order valence-corrected chi connectivity index (χ1v) is 9.46. The first kappa shape index (κ1) is 17.5. The molecule has 1 unspecified atom stereocenters. The number of rotatable bonds is 3. The Kier molecular flexibility index (Phi) is 5.07. The summed E-state index contributed by atoms with van der Waals surface area (Å²) in [6, 6.07) is 16.8. The number of amides is 3. The van der Waals surface area contributed by atoms with Gasteiger partial charge in [-0.15, -0.1) is 0 Å². The summed E-state index contributed by atoms with van der Waals surface area (Å²) in [5.74, 6) is 0.449. The van der Waals surface area contributed by atoms with Crippen LogP contribution in [0.3, 0.4) is 0 Å². The number of carbonyl (C=O) groups excluding carboxylic acids is 2. The summed E-state index contributed by atoms with van der Waals surface area (Å²) >= 11 is 0. The molecule has 0 aromatic heterocycles. The number of hydrogen-bond donors (Lipinski definition) is 2. The summed E-state index contributed by atoms with van der Waals surface area (Å²) < 4.78 is 0. The van der Waals surface area contributed by atoms with E-state index in [1.807, 2.05) is 54.6 Å². The van der Waals surface area contributed by atoms with Gasteiger partial charge in [0.25, 0.3) is 5.91 Å². The summed E-state index contributed by atoms with van der Waals surface area (Å²) in [5, 5.41) is 6.37. The number of fused-ring (bicyclic) bond motifs is 1. The molecule has 6 nitrogen and oxygen atoms in total. The van der Waals surface area contributed by atoms with Crippen molar-refractivity contribution >= 4 is 23.3 Å². The lowest BCUT2D eigenvalue weighted by atomic mass is 10.1. The average molecular weight is 364 g/mol. The third-order valence-electron chi connectivity index (χ3n) is 5.23. The van der Waals surface area contributed by atoms with E-state index in [1.165, 1.54) is 0 Å². The van der Waals surface area contributed by atoms with Crippen LogP contribution >= 0.6 is 0 Å². The molecule has 4 rings (SSSR count). The lowest BCUT2D eigenvalue weighted by Crippen LogP contribution is -2.50. The molecule has 27 heavy (non-hydrogen) atoms. The number of anilines is 2. The van der Waals surface area contributed by atoms with Crippen LogP contribution in [0.25, 0.3) is 0 Å². The predicted molar refractivity (Wildman–Crippen MR) is 106 cm³/mol. The second kappa shape index (κ2) is 7.80. The molecule has 2 heterocycles. The molecular formula is C21H24N4O2. The molecule has 2 aromatic rings. The molecule has 140 valence electrons. The van der Waals surface area contributed by atoms with Gasteiger partial charge in [0.15, 0.2) is 0 Å². The highest BCUT2D eigenvalue weighted by molar-refractivity contribution is 6.10. The summed E-state index contributed by atoms with van der Waals surface area (Å²) in [6.07, 6.45) is 1.09. The van der Waals surface area contributed by atoms with Gasteiger partial charge in [0.1, 0.15) is 0 Å². The zero-order valence-electron chi connectivity index (χ0n) is 15.2. The molecule has 0 spiro atoms. The first-order chi connectivity index (χ1) is 13.2. The minimum atomic E-state index is -0.0961. The fraction of sp³-hybridized carbons (Fsp3) is 0.333. The smallest absolute Gasteiger partial charge is 0.322 e. The summed E-state index contributed by atoms with van der Waals surface area (Å²) in [7, 11) is 0. The van der Waals surface area contributed by atoms with Crippen molar-refractivity contribution in [2.75, 3.05) is 42.5 Å². The van der Waals surface area contributed by atoms with Crippen LogP contribution in [0.2, 0.25) is 0 Å². The maximum atomic E-state index is 12.9. The zero-order chi connectivity index (χ0) is 18.6. The average Bonchev–Trinajstić information content (AvgIpc) is 3.25. The van der Waals surface area contributed by atoms with Gasteiger partial charge in [0.2, 0.25) is 0 Å². The van der Waals surface area contributed by atoms with Gasteiger partial charge in [0.05, 0.1) is 11.4 Å². The minimum absolute atomic E-state index is 0.0415. The fourth-order valence-electron chi connectivity index (χ4n) is 3.74. The second-order valence-corrected chi connectivity index (χ2v) is 7.01. The van der Waals surface area contributed by atoms with Crippen molar-refractivity contribution in [2.24, 2.45) is 5.92 Å². The van der Waals surface area contributed by atoms with Crippen LogP contribution < -0.4 is 20.4 Å². The van der Waals surface area contributed by atoms with E-state index in [1.54, 1.807) is 9.80 Å². The van der Waals surface area contributed by atoms with Crippen molar-refractivity contribution in [1.82, 2.24) is 10.6 Å². The maximum Gasteiger partial charge on any atom is 0.322 e. The molecule has 1 fully saturated rings. The number of carbonyl (C=O) groups is 2. The Balaban J connectivity index is 1.52. The molecule has 1 saturated heterocycles. The zero-order valence-corrected chi connectivity index (χ0v) is 15.2. The van der Waals surface area contributed by atoms with Crippen LogP contribution in [0.5, 0.6) is 0 Å². The lowest BCUT2D eigenvalue weighted by Gasteiger charge is -2.36. The monoisotopic (exact) mass is 364 g/mol. The summed E-state index contributed by atoms with van der Waals surface area (Å²) in [4.78, 5) is 29.2. The Morgan fingerprint density at radius 2 is 1.63 bits per heavy atom. The highest BCUT2D eigenvalue weighted by atomic mass is 16.2. The molecule has 1 atom stereocenters. The van der Waals surface area contributed by atoms with Crippen LogP contribution in [-0.4, -0.2) is 44.7 Å². The Morgan fingerprint density at radius 3 is 2.33 bits per heavy atom. The molecule has 6 heteroatoms. The van der Waals surface area contributed by atoms with Gasteiger partial charge in [-0.25, -0.2) is 4.79 Å². The fourth-order valence-corrected chi connectivity index (χ4v) is 3.74. The highest BCUT2D eigenvalue weighted by Crippen LogP contribution is 2.33. The Bertz CT molecular complexity index is 818. The van der Waals surface area contributed by atoms with E-state index in [-0.39, 0.29) is 11.9 Å². The molecule has 0 saturated carbocycles. The van der Waals surface area contributed by atoms with Crippen LogP contribution in [0.1, 0.15) is 16.8 Å². The molecule has 0 bridgehead atoms. The van der Waals surface area contributed by atoms with Crippen LogP contribution in [0.15, 0.2) is 54.6 Å². The van der Waals surface area contributed by atoms with Gasteiger partial charge < -0.3 is 15.5 Å². The number of nitrogens with one attached hydrogen (secondary N) is 2. The Labute approximate surface area is 159 Å². The minimum Gasteiger partial charge on any atom is -0.337 e. The van der Waals surface area contributed by atoms with E-state index >= 15 is 0 Å². The Morgan fingerprint density at radius 1 is 0.963 bits per heavy atom. The quantitative estimate of drug-likeness (QED) is 0.879. The van der Waals surface area contributed by atoms with Gasteiger partial charge >= 0.3 is 6.03 Å². The number of para-hydroxylation sites is 2. The van der Waals surface area contributed by atoms with E-state index in [2.05, 4.69) is 10.6 Å². The van der Waals surface area contributed by atoms with E-state index in [9.17, 15) is 9.59 Å². The molecule has 2 aliphatic rings. The van der Waals surface area contributed by atoms with E-state index in [0.29, 0.717) is 31.1 Å². The van der Waals surface area contributed by atoms with Gasteiger partial charge in [-0.2, -0.15) is 0 Å². The van der Waals surface area contributed by atoms with Crippen LogP contribution in [0, 0.1) is 5.92 Å². The van der Waals surface area contributed by atoms with E-state index < -0.39 is 0 Å². The van der Waals surface area contributed by atoms with Crippen molar-refractivity contribution in [3.05, 3.63) is 60.2 Å². The standard InChI is InChI=1S/C21H24N4O2/c26-20(17-6-2-1-3-7-17)24-12-13-25(19-9-5-4-8-18(19)24)21(27)23-15-16-10-11-22-14-16/h1-9,16,22H,10-15H2,(H,23,27). The van der Waals surface area contributed by atoms with Gasteiger partial charge in [-0.1, -0.05) is 30.3 Å². The van der Waals surface area contributed by atoms with Gasteiger partial charge in [-0.3, -0.25) is 9.69 Å². The normalized spacial score (nSPS) is 18.9. The number of hydrogen-bond acceptors (Lipinski definition) is 3. The largest absolute Gasteiger partial charge is 0.337 e. The molecule has 2 aliphatic heterocycles. The van der Waals surface area contributed by atoms with Crippen molar-refractivity contribution in [3.63, 3.8) is 0 Å². The van der Waals surface area contributed by atoms with Gasteiger partial charge in [0, 0.05) is 25.2 Å². The van der Waals surface area contributed by atoms with Crippen molar-refractivity contribution < 1.29 is 9.59 Å². The first-order valence-electron chi connectivity index (χ1n) is 9.46. The molecule has 2 aromatic carbocycles. The van der Waals surface area contributed by atoms with E-state index in [4.69, 9.17) is 0 Å². The van der Waals surface area contributed by atoms with Crippen molar-refractivity contribution in [2.45, 2.75) is 6.42 Å². The van der Waals surface area contributed by atoms with Crippen molar-refractivity contribution in [3.8, 4) is 0 Å². The number of urea groups is 1. The molecular weight excluding hydrogens is 340 g/mol. The molecule has 0 aliphatic carbocycles. The third kappa shape index (κ3) is 3.66. The lowest BCUT2D eigenvalue weighted by molar-refractivity contribution is 0.0986. The summed E-state index contributed by atoms with van der Waals surface area (Å²) in [5.41, 5.74) is 2.20.